The molecule has 2 aromatic rings. The average molecular weight is 283 g/mol. The number of rotatable bonds is 3. The zero-order chi connectivity index (χ0) is 15.0. The van der Waals surface area contributed by atoms with Gasteiger partial charge in [-0.2, -0.15) is 4.68 Å². The van der Waals surface area contributed by atoms with E-state index >= 15 is 0 Å². The van der Waals surface area contributed by atoms with Gasteiger partial charge in [-0.25, -0.2) is 0 Å². The highest BCUT2D eigenvalue weighted by Gasteiger charge is 2.24. The summed E-state index contributed by atoms with van der Waals surface area (Å²) >= 11 is 0. The zero-order valence-corrected chi connectivity index (χ0v) is 13.0. The minimum Gasteiger partial charge on any atom is -0.361 e. The average Bonchev–Trinajstić information content (AvgIpc) is 2.71. The molecule has 0 saturated heterocycles. The number of likely N-dealkylation sites (N-methyl/N-ethyl adjacent to an activating group) is 1. The number of benzene rings is 1. The Kier molecular flexibility index (Phi) is 3.51. The molecule has 0 saturated carbocycles. The maximum absolute atomic E-state index is 3.66. The molecule has 0 fully saturated rings. The van der Waals surface area contributed by atoms with Crippen LogP contribution < -0.4 is 0 Å². The highest BCUT2D eigenvalue weighted by molar-refractivity contribution is 5.83. The number of hydrogen-bond acceptors (Lipinski definition) is 3. The third-order valence-corrected chi connectivity index (χ3v) is 3.77. The highest BCUT2D eigenvalue weighted by atomic mass is 15.6. The molecule has 3 heterocycles. The van der Waals surface area contributed by atoms with Crippen LogP contribution >= 0.6 is 0 Å². The van der Waals surface area contributed by atoms with Crippen LogP contribution in [0.2, 0.25) is 0 Å². The Morgan fingerprint density at radius 2 is 2.00 bits per heavy atom. The summed E-state index contributed by atoms with van der Waals surface area (Å²) in [5.41, 5.74) is 5.19. The van der Waals surface area contributed by atoms with Gasteiger partial charge in [-0.15, -0.1) is 5.10 Å². The second-order valence-electron chi connectivity index (χ2n) is 5.83. The van der Waals surface area contributed by atoms with E-state index in [9.17, 15) is 0 Å². The molecule has 0 bridgehead atoms. The number of aromatic amines is 1. The highest BCUT2D eigenvalue weighted by Crippen LogP contribution is 2.22. The van der Waals surface area contributed by atoms with Crippen molar-refractivity contribution in [3.8, 4) is 5.82 Å². The lowest BCUT2D eigenvalue weighted by molar-refractivity contribution is 0.414. The molecule has 4 rings (SSSR count). The lowest BCUT2D eigenvalue weighted by Gasteiger charge is -2.08. The minimum atomic E-state index is 1.06. The van der Waals surface area contributed by atoms with Crippen molar-refractivity contribution in [1.29, 1.82) is 0 Å². The van der Waals surface area contributed by atoms with Crippen molar-refractivity contribution in [3.63, 3.8) is 0 Å². The Morgan fingerprint density at radius 3 is 2.52 bits per heavy atom. The fraction of sp³-hybridized carbons (Fsp3) is 0.375. The first kappa shape index (κ1) is 13.8. The van der Waals surface area contributed by atoms with E-state index in [0.29, 0.717) is 0 Å². The maximum atomic E-state index is 3.66. The van der Waals surface area contributed by atoms with Crippen LogP contribution in [0.1, 0.15) is 16.8 Å². The van der Waals surface area contributed by atoms with E-state index in [1.807, 2.05) is 6.92 Å². The predicted molar refractivity (Wildman–Crippen MR) is 84.9 cm³/mol. The molecule has 0 unspecified atom stereocenters. The number of hydrogen-bond donors (Lipinski definition) is 1. The number of aromatic nitrogens is 4. The molecular formula is C16H21N5. The zero-order valence-electron chi connectivity index (χ0n) is 13.0. The topological polar surface area (TPSA) is 49.7 Å². The number of nitrogens with one attached hydrogen (secondary N) is 1. The van der Waals surface area contributed by atoms with Gasteiger partial charge in [0.15, 0.2) is 0 Å². The summed E-state index contributed by atoms with van der Waals surface area (Å²) < 4.78 is 1.81. The standard InChI is InChI=1S/C13H18N2.C3H3N3/c1-10-4-5-13-12(8-10)11(9-14-13)6-7-15(2)3;1-2-3-4-5-6(2)3/h4-5,8-9,14H,6-7H2,1-3H3;1H3. The third-order valence-electron chi connectivity index (χ3n) is 3.77. The van der Waals surface area contributed by atoms with E-state index in [0.717, 1.165) is 18.8 Å². The first-order chi connectivity index (χ1) is 10.1. The molecule has 1 N–H and O–H groups in total. The summed E-state index contributed by atoms with van der Waals surface area (Å²) in [4.78, 5) is 5.54. The van der Waals surface area contributed by atoms with Gasteiger partial charge in [0, 0.05) is 23.6 Å². The Morgan fingerprint density at radius 1 is 1.24 bits per heavy atom. The van der Waals surface area contributed by atoms with Gasteiger partial charge in [-0.3, -0.25) is 0 Å². The Bertz CT molecular complexity index is 747. The van der Waals surface area contributed by atoms with Gasteiger partial charge in [-0.1, -0.05) is 16.8 Å². The molecule has 2 aliphatic rings. The molecule has 5 heteroatoms. The molecule has 21 heavy (non-hydrogen) atoms. The van der Waals surface area contributed by atoms with Crippen LogP contribution in [0.4, 0.5) is 0 Å². The van der Waals surface area contributed by atoms with E-state index in [1.165, 1.54) is 27.7 Å². The molecular weight excluding hydrogens is 262 g/mol. The number of H-pyrrole nitrogens is 1. The summed E-state index contributed by atoms with van der Waals surface area (Å²) in [6.45, 7) is 5.23. The predicted octanol–water partition coefficient (Wildman–Crippen LogP) is 2.47. The van der Waals surface area contributed by atoms with Gasteiger partial charge >= 0.3 is 0 Å². The SMILES string of the molecule is Cc1c2nnn1-2.Cc1ccc2[nH]cc(CCN(C)C)c2c1. The summed E-state index contributed by atoms with van der Waals surface area (Å²) in [5, 5.41) is 8.64. The summed E-state index contributed by atoms with van der Waals surface area (Å²) in [7, 11) is 4.22. The monoisotopic (exact) mass is 283 g/mol. The molecule has 0 aliphatic carbocycles. The van der Waals surface area contributed by atoms with Crippen molar-refractivity contribution in [2.75, 3.05) is 20.6 Å². The number of fused-ring (bicyclic) bond motifs is 2. The normalized spacial score (nSPS) is 11.7. The van der Waals surface area contributed by atoms with Gasteiger partial charge in [0.05, 0.1) is 5.69 Å². The molecule has 1 aromatic heterocycles. The van der Waals surface area contributed by atoms with E-state index < -0.39 is 0 Å². The molecule has 0 radical (unpaired) electrons. The van der Waals surface area contributed by atoms with Crippen LogP contribution in [-0.4, -0.2) is 45.5 Å². The molecule has 0 atom stereocenters. The molecule has 110 valence electrons. The molecule has 0 amide bonds. The molecule has 0 spiro atoms. The van der Waals surface area contributed by atoms with E-state index in [1.54, 1.807) is 4.68 Å². The van der Waals surface area contributed by atoms with E-state index in [4.69, 9.17) is 0 Å². The number of aryl methyl sites for hydroxylation is 2. The first-order valence-electron chi connectivity index (χ1n) is 7.20. The van der Waals surface area contributed by atoms with Crippen molar-refractivity contribution in [1.82, 2.24) is 24.9 Å². The second kappa shape index (κ2) is 5.33. The van der Waals surface area contributed by atoms with Crippen LogP contribution in [0.5, 0.6) is 0 Å². The fourth-order valence-electron chi connectivity index (χ4n) is 2.34. The van der Waals surface area contributed by atoms with Crippen molar-refractivity contribution in [2.45, 2.75) is 20.3 Å². The lowest BCUT2D eigenvalue weighted by atomic mass is 10.1. The second-order valence-corrected chi connectivity index (χ2v) is 5.83. The molecule has 2 aliphatic heterocycles. The van der Waals surface area contributed by atoms with E-state index in [-0.39, 0.29) is 0 Å². The maximum Gasteiger partial charge on any atom is 0.200 e. The summed E-state index contributed by atoms with van der Waals surface area (Å²) in [6.07, 6.45) is 3.24. The van der Waals surface area contributed by atoms with Gasteiger partial charge in [0.25, 0.3) is 0 Å². The van der Waals surface area contributed by atoms with Crippen LogP contribution in [-0.2, 0) is 6.42 Å². The van der Waals surface area contributed by atoms with Gasteiger partial charge < -0.3 is 9.88 Å². The van der Waals surface area contributed by atoms with Crippen molar-refractivity contribution in [2.24, 2.45) is 0 Å². The fourth-order valence-corrected chi connectivity index (χ4v) is 2.34. The van der Waals surface area contributed by atoms with Crippen LogP contribution in [0.3, 0.4) is 0 Å². The van der Waals surface area contributed by atoms with Gasteiger partial charge in [-0.05, 0) is 52.1 Å². The Hall–Kier alpha value is -2.14. The number of nitrogens with zero attached hydrogens (tertiary/aromatic N) is 4. The van der Waals surface area contributed by atoms with Crippen molar-refractivity contribution in [3.05, 3.63) is 41.2 Å². The van der Waals surface area contributed by atoms with E-state index in [2.05, 4.69) is 65.6 Å². The summed E-state index contributed by atoms with van der Waals surface area (Å²) in [6, 6.07) is 6.56. The first-order valence-corrected chi connectivity index (χ1v) is 7.20. The largest absolute Gasteiger partial charge is 0.361 e. The quantitative estimate of drug-likeness (QED) is 0.628. The smallest absolute Gasteiger partial charge is 0.200 e. The van der Waals surface area contributed by atoms with Gasteiger partial charge in [0.1, 0.15) is 0 Å². The van der Waals surface area contributed by atoms with Crippen molar-refractivity contribution >= 4 is 10.9 Å². The van der Waals surface area contributed by atoms with Crippen LogP contribution in [0.15, 0.2) is 24.4 Å². The molecule has 1 aromatic carbocycles. The third kappa shape index (κ3) is 2.83. The summed E-state index contributed by atoms with van der Waals surface area (Å²) in [5.74, 6) is 1.06. The Balaban J connectivity index is 0.000000180. The van der Waals surface area contributed by atoms with Gasteiger partial charge in [0.2, 0.25) is 5.82 Å². The van der Waals surface area contributed by atoms with Crippen LogP contribution in [0.25, 0.3) is 16.7 Å². The van der Waals surface area contributed by atoms with Crippen molar-refractivity contribution < 1.29 is 0 Å². The Labute approximate surface area is 124 Å². The lowest BCUT2D eigenvalue weighted by Crippen LogP contribution is -2.14. The van der Waals surface area contributed by atoms with Crippen LogP contribution in [0, 0.1) is 13.8 Å². The molecule has 5 nitrogen and oxygen atoms in total. The minimum absolute atomic E-state index is 1.06.